The first-order valence-corrected chi connectivity index (χ1v) is 9.34. The average molecular weight is 377 g/mol. The maximum Gasteiger partial charge on any atom is 0.252 e. The molecule has 0 bridgehead atoms. The first-order chi connectivity index (χ1) is 12.6. The molecule has 1 amide bonds. The molecule has 1 aromatic rings. The van der Waals surface area contributed by atoms with Gasteiger partial charge in [-0.1, -0.05) is 29.8 Å². The van der Waals surface area contributed by atoms with Gasteiger partial charge in [-0.15, -0.1) is 0 Å². The fraction of sp³-hybridized carbons (Fsp3) is 0.650. The number of amides is 1. The van der Waals surface area contributed by atoms with E-state index in [0.717, 1.165) is 5.56 Å². The third kappa shape index (κ3) is 3.75. The summed E-state index contributed by atoms with van der Waals surface area (Å²) in [5, 5.41) is 2.93. The maximum atomic E-state index is 12.9. The van der Waals surface area contributed by atoms with Gasteiger partial charge in [0.05, 0.1) is 0 Å². The Balaban J connectivity index is 1.49. The molecule has 148 valence electrons. The molecule has 1 aromatic carbocycles. The van der Waals surface area contributed by atoms with Gasteiger partial charge in [0.25, 0.3) is 5.91 Å². The van der Waals surface area contributed by atoms with E-state index >= 15 is 0 Å². The topological polar surface area (TPSA) is 75.3 Å². The summed E-state index contributed by atoms with van der Waals surface area (Å²) in [6, 6.07) is 8.01. The zero-order valence-electron chi connectivity index (χ0n) is 16.4. The van der Waals surface area contributed by atoms with Crippen LogP contribution in [0.5, 0.6) is 0 Å². The first kappa shape index (κ1) is 18.8. The van der Waals surface area contributed by atoms with Gasteiger partial charge in [0.2, 0.25) is 0 Å². The van der Waals surface area contributed by atoms with Gasteiger partial charge < -0.3 is 29.0 Å². The van der Waals surface area contributed by atoms with Crippen LogP contribution in [0, 0.1) is 6.92 Å². The van der Waals surface area contributed by atoms with Crippen LogP contribution in [0.25, 0.3) is 0 Å². The van der Waals surface area contributed by atoms with Crippen molar-refractivity contribution in [3.8, 4) is 0 Å². The molecule has 1 N–H and O–H groups in total. The molecule has 0 aliphatic carbocycles. The van der Waals surface area contributed by atoms with Crippen molar-refractivity contribution in [2.24, 2.45) is 0 Å². The highest BCUT2D eigenvalue weighted by Crippen LogP contribution is 2.44. The van der Waals surface area contributed by atoms with E-state index in [1.165, 1.54) is 5.56 Å². The molecule has 4 rings (SSSR count). The van der Waals surface area contributed by atoms with Gasteiger partial charge in [0, 0.05) is 6.54 Å². The number of carbonyl (C=O) groups is 1. The molecular weight excluding hydrogens is 350 g/mol. The number of ether oxygens (including phenoxy) is 5. The molecule has 3 aliphatic rings. The van der Waals surface area contributed by atoms with Gasteiger partial charge in [-0.3, -0.25) is 4.79 Å². The van der Waals surface area contributed by atoms with Crippen LogP contribution in [-0.2, 0) is 35.0 Å². The Hall–Kier alpha value is -1.51. The Morgan fingerprint density at radius 3 is 2.22 bits per heavy atom. The molecule has 0 unspecified atom stereocenters. The summed E-state index contributed by atoms with van der Waals surface area (Å²) in [4.78, 5) is 12.9. The Labute approximate surface area is 159 Å². The Morgan fingerprint density at radius 1 is 0.926 bits per heavy atom. The number of carbonyl (C=O) groups excluding carboxylic acids is 1. The minimum absolute atomic E-state index is 0.251. The fourth-order valence-electron chi connectivity index (χ4n) is 3.82. The van der Waals surface area contributed by atoms with Crippen molar-refractivity contribution in [1.82, 2.24) is 5.32 Å². The second-order valence-corrected chi connectivity index (χ2v) is 8.29. The molecule has 27 heavy (non-hydrogen) atoms. The normalized spacial score (nSPS) is 36.1. The minimum Gasteiger partial charge on any atom is -0.350 e. The van der Waals surface area contributed by atoms with Gasteiger partial charge in [-0.2, -0.15) is 0 Å². The summed E-state index contributed by atoms with van der Waals surface area (Å²) in [5.41, 5.74) is 2.19. The smallest absolute Gasteiger partial charge is 0.252 e. The van der Waals surface area contributed by atoms with Crippen LogP contribution in [0.3, 0.4) is 0 Å². The molecule has 0 radical (unpaired) electrons. The van der Waals surface area contributed by atoms with Crippen molar-refractivity contribution in [2.45, 2.75) is 83.4 Å². The number of benzene rings is 1. The second-order valence-electron chi connectivity index (χ2n) is 8.29. The van der Waals surface area contributed by atoms with Crippen molar-refractivity contribution >= 4 is 5.91 Å². The number of aryl methyl sites for hydroxylation is 1. The van der Waals surface area contributed by atoms with Crippen LogP contribution < -0.4 is 5.32 Å². The van der Waals surface area contributed by atoms with Gasteiger partial charge in [-0.25, -0.2) is 0 Å². The van der Waals surface area contributed by atoms with Crippen LogP contribution in [-0.4, -0.2) is 48.2 Å². The van der Waals surface area contributed by atoms with Crippen LogP contribution in [0.2, 0.25) is 0 Å². The molecule has 0 saturated carbocycles. The lowest BCUT2D eigenvalue weighted by Crippen LogP contribution is -2.59. The third-order valence-corrected chi connectivity index (χ3v) is 5.00. The van der Waals surface area contributed by atoms with Crippen molar-refractivity contribution < 1.29 is 28.5 Å². The highest BCUT2D eigenvalue weighted by Gasteiger charge is 2.62. The van der Waals surface area contributed by atoms with Crippen molar-refractivity contribution in [2.75, 3.05) is 0 Å². The van der Waals surface area contributed by atoms with Gasteiger partial charge in [0.15, 0.2) is 24.0 Å². The van der Waals surface area contributed by atoms with Gasteiger partial charge in [-0.05, 0) is 40.2 Å². The van der Waals surface area contributed by atoms with E-state index in [1.807, 2.05) is 58.9 Å². The summed E-state index contributed by atoms with van der Waals surface area (Å²) < 4.78 is 29.7. The van der Waals surface area contributed by atoms with E-state index in [2.05, 4.69) is 5.32 Å². The molecule has 3 aliphatic heterocycles. The zero-order valence-corrected chi connectivity index (χ0v) is 16.4. The molecule has 5 atom stereocenters. The number of nitrogens with one attached hydrogen (secondary N) is 1. The Kier molecular flexibility index (Phi) is 4.56. The molecular formula is C20H27NO6. The molecule has 0 aromatic heterocycles. The third-order valence-electron chi connectivity index (χ3n) is 5.00. The predicted molar refractivity (Wildman–Crippen MR) is 95.5 cm³/mol. The largest absolute Gasteiger partial charge is 0.350 e. The summed E-state index contributed by atoms with van der Waals surface area (Å²) >= 11 is 0. The van der Waals surface area contributed by atoms with E-state index in [-0.39, 0.29) is 5.91 Å². The lowest BCUT2D eigenvalue weighted by Gasteiger charge is -2.36. The first-order valence-electron chi connectivity index (χ1n) is 9.34. The minimum atomic E-state index is -0.832. The van der Waals surface area contributed by atoms with Crippen LogP contribution in [0.4, 0.5) is 0 Å². The number of fused-ring (bicyclic) bond motifs is 3. The van der Waals surface area contributed by atoms with E-state index in [9.17, 15) is 4.79 Å². The second kappa shape index (κ2) is 6.53. The van der Waals surface area contributed by atoms with Crippen molar-refractivity contribution in [3.63, 3.8) is 0 Å². The summed E-state index contributed by atoms with van der Waals surface area (Å²) in [7, 11) is 0. The molecule has 3 heterocycles. The van der Waals surface area contributed by atoms with E-state index in [4.69, 9.17) is 23.7 Å². The molecule has 7 heteroatoms. The fourth-order valence-corrected chi connectivity index (χ4v) is 3.82. The quantitative estimate of drug-likeness (QED) is 0.869. The molecule has 3 fully saturated rings. The van der Waals surface area contributed by atoms with Crippen molar-refractivity contribution in [1.29, 1.82) is 0 Å². The summed E-state index contributed by atoms with van der Waals surface area (Å²) in [6.07, 6.45) is -2.94. The van der Waals surface area contributed by atoms with Crippen LogP contribution >= 0.6 is 0 Å². The molecule has 3 saturated heterocycles. The van der Waals surface area contributed by atoms with Crippen molar-refractivity contribution in [3.05, 3.63) is 35.4 Å². The predicted octanol–water partition coefficient (Wildman–Crippen LogP) is 2.01. The van der Waals surface area contributed by atoms with E-state index in [1.54, 1.807) is 0 Å². The maximum absolute atomic E-state index is 12.9. The Bertz CT molecular complexity index is 716. The van der Waals surface area contributed by atoms with Gasteiger partial charge in [0.1, 0.15) is 18.3 Å². The number of hydrogen-bond acceptors (Lipinski definition) is 6. The lowest BCUT2D eigenvalue weighted by atomic mass is 9.98. The van der Waals surface area contributed by atoms with E-state index < -0.39 is 42.3 Å². The monoisotopic (exact) mass is 377 g/mol. The highest BCUT2D eigenvalue weighted by atomic mass is 16.9. The zero-order chi connectivity index (χ0) is 19.4. The molecule has 7 nitrogen and oxygen atoms in total. The summed E-state index contributed by atoms with van der Waals surface area (Å²) in [6.45, 7) is 9.72. The highest BCUT2D eigenvalue weighted by molar-refractivity contribution is 5.81. The lowest BCUT2D eigenvalue weighted by molar-refractivity contribution is -0.231. The Morgan fingerprint density at radius 2 is 1.52 bits per heavy atom. The molecule has 0 spiro atoms. The standard InChI is InChI=1S/C20H27NO6/c1-11-6-8-12(9-7-11)10-21-17(22)15-13-14(25-19(2,3)24-13)16-18(23-15)27-20(4,5)26-16/h6-9,13-16,18H,10H2,1-5H3,(H,21,22)/t13-,14+,15+,16-,18-/m1/s1. The number of rotatable bonds is 3. The average Bonchev–Trinajstić information content (AvgIpc) is 3.07. The van der Waals surface area contributed by atoms with Crippen LogP contribution in [0.15, 0.2) is 24.3 Å². The SMILES string of the molecule is Cc1ccc(CNC(=O)[C@H]2O[C@@H]3OC(C)(C)O[C@@H]3[C@H]3OC(C)(C)O[C@H]32)cc1. The summed E-state index contributed by atoms with van der Waals surface area (Å²) in [5.74, 6) is -1.87. The number of hydrogen-bond donors (Lipinski definition) is 1. The van der Waals surface area contributed by atoms with Crippen LogP contribution in [0.1, 0.15) is 38.8 Å². The van der Waals surface area contributed by atoms with E-state index in [0.29, 0.717) is 6.54 Å². The van der Waals surface area contributed by atoms with Gasteiger partial charge >= 0.3 is 0 Å².